The van der Waals surface area contributed by atoms with Crippen LogP contribution in [0.4, 0.5) is 4.39 Å². The lowest BCUT2D eigenvalue weighted by Crippen LogP contribution is -2.18. The molecule has 0 spiro atoms. The van der Waals surface area contributed by atoms with E-state index in [1.165, 1.54) is 42.6 Å². The fraction of sp³-hybridized carbons (Fsp3) is 0. The zero-order valence-corrected chi connectivity index (χ0v) is 14.9. The molecule has 1 amide bonds. The average molecular weight is 382 g/mol. The molecule has 0 fully saturated rings. The van der Waals surface area contributed by atoms with Crippen molar-refractivity contribution in [3.8, 4) is 0 Å². The maximum Gasteiger partial charge on any atom is 0.268 e. The predicted octanol–water partition coefficient (Wildman–Crippen LogP) is 3.32. The van der Waals surface area contributed by atoms with Crippen LogP contribution in [0.15, 0.2) is 76.7 Å². The second-order valence-corrected chi connectivity index (χ2v) is 7.59. The van der Waals surface area contributed by atoms with E-state index in [2.05, 4.69) is 4.98 Å². The summed E-state index contributed by atoms with van der Waals surface area (Å²) in [6, 6.07) is 14.9. The lowest BCUT2D eigenvalue weighted by atomic mass is 10.1. The van der Waals surface area contributed by atoms with Crippen LogP contribution >= 0.6 is 0 Å². The number of benzene rings is 2. The summed E-state index contributed by atoms with van der Waals surface area (Å²) in [7, 11) is -3.93. The Morgan fingerprint density at radius 1 is 0.926 bits per heavy atom. The van der Waals surface area contributed by atoms with E-state index in [0.717, 1.165) is 11.1 Å². The molecule has 136 valence electrons. The van der Waals surface area contributed by atoms with Crippen molar-refractivity contribution in [1.29, 1.82) is 0 Å². The third-order valence-corrected chi connectivity index (χ3v) is 5.62. The van der Waals surface area contributed by atoms with E-state index in [-0.39, 0.29) is 21.3 Å². The lowest BCUT2D eigenvalue weighted by Gasteiger charge is -2.07. The number of carbonyl (C=O) groups excluding carboxylic acids is 1. The third kappa shape index (κ3) is 4.09. The Kier molecular flexibility index (Phi) is 5.14. The van der Waals surface area contributed by atoms with Crippen molar-refractivity contribution in [3.63, 3.8) is 0 Å². The maximum absolute atomic E-state index is 12.9. The molecule has 2 N–H and O–H groups in total. The van der Waals surface area contributed by atoms with Gasteiger partial charge in [0.25, 0.3) is 5.91 Å². The molecule has 7 heteroatoms. The van der Waals surface area contributed by atoms with Gasteiger partial charge in [-0.2, -0.15) is 0 Å². The maximum atomic E-state index is 12.9. The first-order valence-electron chi connectivity index (χ1n) is 7.91. The fourth-order valence-corrected chi connectivity index (χ4v) is 3.86. The molecule has 0 radical (unpaired) electrons. The number of aromatic nitrogens is 1. The van der Waals surface area contributed by atoms with Crippen LogP contribution in [0.5, 0.6) is 0 Å². The number of hydrogen-bond acceptors (Lipinski definition) is 4. The molecule has 0 saturated carbocycles. The number of amides is 1. The standard InChI is InChI=1S/C20H15FN2O3S/c21-16-9-5-14(6-10-16)3-4-15-7-11-17(12-8-15)27(25,26)18-2-1-13-23-19(18)20(22)24/h1-13H,(H2,22,24)/b4-3+. The lowest BCUT2D eigenvalue weighted by molar-refractivity contribution is 0.0992. The van der Waals surface area contributed by atoms with Gasteiger partial charge in [-0.25, -0.2) is 17.8 Å². The van der Waals surface area contributed by atoms with Crippen LogP contribution in [0.3, 0.4) is 0 Å². The van der Waals surface area contributed by atoms with Gasteiger partial charge >= 0.3 is 0 Å². The van der Waals surface area contributed by atoms with Gasteiger partial charge in [-0.15, -0.1) is 0 Å². The minimum atomic E-state index is -3.93. The summed E-state index contributed by atoms with van der Waals surface area (Å²) in [6.07, 6.45) is 4.88. The summed E-state index contributed by atoms with van der Waals surface area (Å²) in [5.41, 5.74) is 6.50. The van der Waals surface area contributed by atoms with Gasteiger partial charge in [0, 0.05) is 6.20 Å². The average Bonchev–Trinajstić information content (AvgIpc) is 2.68. The molecule has 5 nitrogen and oxygen atoms in total. The van der Waals surface area contributed by atoms with Gasteiger partial charge in [0.15, 0.2) is 0 Å². The highest BCUT2D eigenvalue weighted by Gasteiger charge is 2.24. The second kappa shape index (κ2) is 7.51. The molecule has 0 saturated heterocycles. The summed E-state index contributed by atoms with van der Waals surface area (Å²) in [5, 5.41) is 0. The van der Waals surface area contributed by atoms with Crippen molar-refractivity contribution in [2.45, 2.75) is 9.79 Å². The molecule has 0 aliphatic carbocycles. The van der Waals surface area contributed by atoms with Crippen molar-refractivity contribution in [2.75, 3.05) is 0 Å². The predicted molar refractivity (Wildman–Crippen MR) is 100.0 cm³/mol. The van der Waals surface area contributed by atoms with Crippen molar-refractivity contribution in [2.24, 2.45) is 5.73 Å². The number of carbonyl (C=O) groups is 1. The summed E-state index contributed by atoms with van der Waals surface area (Å²) >= 11 is 0. The summed E-state index contributed by atoms with van der Waals surface area (Å²) < 4.78 is 38.5. The number of pyridine rings is 1. The highest BCUT2D eigenvalue weighted by atomic mass is 32.2. The normalized spacial score (nSPS) is 11.6. The molecule has 1 heterocycles. The molecule has 0 aliphatic rings. The number of nitrogens with two attached hydrogens (primary N) is 1. The Bertz CT molecular complexity index is 1110. The summed E-state index contributed by atoms with van der Waals surface area (Å²) in [6.45, 7) is 0. The van der Waals surface area contributed by atoms with E-state index in [1.54, 1.807) is 36.4 Å². The van der Waals surface area contributed by atoms with E-state index in [4.69, 9.17) is 5.73 Å². The van der Waals surface area contributed by atoms with Crippen LogP contribution in [0, 0.1) is 5.82 Å². The number of hydrogen-bond donors (Lipinski definition) is 1. The SMILES string of the molecule is NC(=O)c1ncccc1S(=O)(=O)c1ccc(/C=C/c2ccc(F)cc2)cc1. The fourth-order valence-electron chi connectivity index (χ4n) is 2.44. The van der Waals surface area contributed by atoms with Gasteiger partial charge < -0.3 is 5.73 Å². The summed E-state index contributed by atoms with van der Waals surface area (Å²) in [5.74, 6) is -1.22. The molecule has 27 heavy (non-hydrogen) atoms. The number of rotatable bonds is 5. The van der Waals surface area contributed by atoms with Gasteiger partial charge in [0.05, 0.1) is 4.90 Å². The minimum Gasteiger partial charge on any atom is -0.364 e. The van der Waals surface area contributed by atoms with Crippen molar-refractivity contribution in [3.05, 3.63) is 89.5 Å². The smallest absolute Gasteiger partial charge is 0.268 e. The molecule has 0 unspecified atom stereocenters. The van der Waals surface area contributed by atoms with Gasteiger partial charge in [0.2, 0.25) is 9.84 Å². The quantitative estimate of drug-likeness (QED) is 0.686. The van der Waals surface area contributed by atoms with Gasteiger partial charge in [-0.3, -0.25) is 4.79 Å². The van der Waals surface area contributed by atoms with E-state index in [1.807, 2.05) is 0 Å². The van der Waals surface area contributed by atoms with E-state index >= 15 is 0 Å². The largest absolute Gasteiger partial charge is 0.364 e. The van der Waals surface area contributed by atoms with Crippen LogP contribution in [-0.2, 0) is 9.84 Å². The molecular formula is C20H15FN2O3S. The Labute approximate surface area is 155 Å². The van der Waals surface area contributed by atoms with Crippen molar-refractivity contribution < 1.29 is 17.6 Å². The van der Waals surface area contributed by atoms with Crippen LogP contribution in [0.1, 0.15) is 21.6 Å². The van der Waals surface area contributed by atoms with Crippen molar-refractivity contribution >= 4 is 27.9 Å². The molecule has 0 aliphatic heterocycles. The Morgan fingerprint density at radius 2 is 1.48 bits per heavy atom. The molecular weight excluding hydrogens is 367 g/mol. The van der Waals surface area contributed by atoms with E-state index in [0.29, 0.717) is 0 Å². The number of halogens is 1. The van der Waals surface area contributed by atoms with Crippen LogP contribution < -0.4 is 5.73 Å². The van der Waals surface area contributed by atoms with Crippen LogP contribution in [0.2, 0.25) is 0 Å². The van der Waals surface area contributed by atoms with E-state index in [9.17, 15) is 17.6 Å². The van der Waals surface area contributed by atoms with Gasteiger partial charge in [-0.05, 0) is 47.5 Å². The van der Waals surface area contributed by atoms with Gasteiger partial charge in [0.1, 0.15) is 16.4 Å². The molecule has 0 bridgehead atoms. The zero-order valence-electron chi connectivity index (χ0n) is 14.0. The minimum absolute atomic E-state index is 0.0249. The number of nitrogens with zero attached hydrogens (tertiary/aromatic N) is 1. The topological polar surface area (TPSA) is 90.1 Å². The monoisotopic (exact) mass is 382 g/mol. The Hall–Kier alpha value is -3.32. The molecule has 2 aromatic carbocycles. The molecule has 3 aromatic rings. The molecule has 0 atom stereocenters. The Balaban J connectivity index is 1.89. The first-order valence-corrected chi connectivity index (χ1v) is 9.40. The second-order valence-electron chi connectivity index (χ2n) is 5.67. The Morgan fingerprint density at radius 3 is 2.04 bits per heavy atom. The highest BCUT2D eigenvalue weighted by molar-refractivity contribution is 7.91. The molecule has 1 aromatic heterocycles. The third-order valence-electron chi connectivity index (χ3n) is 3.82. The van der Waals surface area contributed by atoms with E-state index < -0.39 is 15.7 Å². The number of sulfone groups is 1. The highest BCUT2D eigenvalue weighted by Crippen LogP contribution is 2.23. The first-order chi connectivity index (χ1) is 12.9. The van der Waals surface area contributed by atoms with Crippen LogP contribution in [0.25, 0.3) is 12.2 Å². The van der Waals surface area contributed by atoms with Crippen molar-refractivity contribution in [1.82, 2.24) is 4.98 Å². The number of primary amides is 1. The zero-order chi connectivity index (χ0) is 19.4. The first kappa shape index (κ1) is 18.5. The summed E-state index contributed by atoms with van der Waals surface area (Å²) in [4.78, 5) is 15.0. The van der Waals surface area contributed by atoms with Gasteiger partial charge in [-0.1, -0.05) is 36.4 Å². The molecule has 3 rings (SSSR count). The van der Waals surface area contributed by atoms with Crippen LogP contribution in [-0.4, -0.2) is 19.3 Å².